The number of ether oxygens (including phenoxy) is 1. The number of hydrogen-bond donors (Lipinski definition) is 1. The van der Waals surface area contributed by atoms with Crippen molar-refractivity contribution in [2.24, 2.45) is 0 Å². The molecular weight excluding hydrogens is 360 g/mol. The Bertz CT molecular complexity index is 1110. The quantitative estimate of drug-likeness (QED) is 0.587. The van der Waals surface area contributed by atoms with Gasteiger partial charge in [0.15, 0.2) is 0 Å². The molecule has 27 heavy (non-hydrogen) atoms. The summed E-state index contributed by atoms with van der Waals surface area (Å²) >= 11 is 1.55. The number of carbonyl (C=O) groups is 1. The summed E-state index contributed by atoms with van der Waals surface area (Å²) in [6.45, 7) is 0. The number of methoxy groups -OCH3 is 1. The van der Waals surface area contributed by atoms with E-state index in [2.05, 4.69) is 15.4 Å². The molecule has 1 aliphatic heterocycles. The molecule has 3 heterocycles. The minimum Gasteiger partial charge on any atom is -0.497 e. The zero-order valence-electron chi connectivity index (χ0n) is 14.5. The molecule has 1 atom stereocenters. The van der Waals surface area contributed by atoms with Gasteiger partial charge in [0.1, 0.15) is 11.6 Å². The summed E-state index contributed by atoms with van der Waals surface area (Å²) in [6.07, 6.45) is 2.22. The molecule has 0 radical (unpaired) electrons. The Morgan fingerprint density at radius 3 is 2.78 bits per heavy atom. The Balaban J connectivity index is 1.59. The molecule has 6 nitrogen and oxygen atoms in total. The first-order chi connectivity index (χ1) is 13.2. The van der Waals surface area contributed by atoms with Crippen molar-refractivity contribution >= 4 is 33.3 Å². The van der Waals surface area contributed by atoms with Crippen LogP contribution in [-0.4, -0.2) is 27.8 Å². The summed E-state index contributed by atoms with van der Waals surface area (Å²) in [4.78, 5) is 17.1. The molecular formula is C20H16N4O2S. The van der Waals surface area contributed by atoms with Crippen LogP contribution in [0.4, 0.5) is 5.82 Å². The SMILES string of the molecule is COc1ccc([C@H]2CC(=O)Nc3c2cnn3-c2nc3ccccc3s2)cc1. The van der Waals surface area contributed by atoms with Crippen molar-refractivity contribution < 1.29 is 9.53 Å². The van der Waals surface area contributed by atoms with Gasteiger partial charge in [-0.15, -0.1) is 0 Å². The van der Waals surface area contributed by atoms with Gasteiger partial charge in [-0.3, -0.25) is 4.79 Å². The topological polar surface area (TPSA) is 69.0 Å². The Morgan fingerprint density at radius 2 is 2.00 bits per heavy atom. The fraction of sp³-hybridized carbons (Fsp3) is 0.150. The smallest absolute Gasteiger partial charge is 0.226 e. The van der Waals surface area contributed by atoms with Crippen LogP contribution in [-0.2, 0) is 4.79 Å². The summed E-state index contributed by atoms with van der Waals surface area (Å²) in [5, 5.41) is 8.25. The predicted molar refractivity (Wildman–Crippen MR) is 105 cm³/mol. The number of thiazole rings is 1. The van der Waals surface area contributed by atoms with Gasteiger partial charge < -0.3 is 10.1 Å². The highest BCUT2D eigenvalue weighted by Crippen LogP contribution is 2.39. The number of nitrogens with one attached hydrogen (secondary N) is 1. The highest BCUT2D eigenvalue weighted by Gasteiger charge is 2.31. The third kappa shape index (κ3) is 2.67. The molecule has 0 fully saturated rings. The Kier molecular flexibility index (Phi) is 3.68. The van der Waals surface area contributed by atoms with E-state index in [0.29, 0.717) is 12.2 Å². The van der Waals surface area contributed by atoms with Gasteiger partial charge >= 0.3 is 0 Å². The number of carbonyl (C=O) groups excluding carboxylic acids is 1. The van der Waals surface area contributed by atoms with Gasteiger partial charge in [-0.25, -0.2) is 4.98 Å². The maximum atomic E-state index is 12.4. The normalized spacial score (nSPS) is 16.2. The fourth-order valence-corrected chi connectivity index (χ4v) is 4.38. The molecule has 2 aromatic heterocycles. The van der Waals surface area contributed by atoms with Crippen LogP contribution in [0.1, 0.15) is 23.5 Å². The van der Waals surface area contributed by atoms with Crippen LogP contribution in [0.5, 0.6) is 5.75 Å². The van der Waals surface area contributed by atoms with Crippen LogP contribution in [0.3, 0.4) is 0 Å². The molecule has 0 saturated heterocycles. The predicted octanol–water partition coefficient (Wildman–Crippen LogP) is 3.96. The van der Waals surface area contributed by atoms with Gasteiger partial charge in [0.2, 0.25) is 11.0 Å². The highest BCUT2D eigenvalue weighted by molar-refractivity contribution is 7.20. The molecule has 1 amide bonds. The maximum Gasteiger partial charge on any atom is 0.226 e. The average Bonchev–Trinajstić information content (AvgIpc) is 3.31. The van der Waals surface area contributed by atoms with Crippen molar-refractivity contribution in [3.05, 3.63) is 65.9 Å². The molecule has 7 heteroatoms. The van der Waals surface area contributed by atoms with Crippen LogP contribution in [0.2, 0.25) is 0 Å². The molecule has 0 saturated carbocycles. The highest BCUT2D eigenvalue weighted by atomic mass is 32.1. The third-order valence-corrected chi connectivity index (χ3v) is 5.81. The molecule has 0 bridgehead atoms. The van der Waals surface area contributed by atoms with E-state index in [0.717, 1.165) is 32.2 Å². The van der Waals surface area contributed by atoms with Crippen molar-refractivity contribution in [3.63, 3.8) is 0 Å². The summed E-state index contributed by atoms with van der Waals surface area (Å²) in [6, 6.07) is 15.8. The van der Waals surface area contributed by atoms with Gasteiger partial charge in [-0.2, -0.15) is 9.78 Å². The minimum absolute atomic E-state index is 0.0221. The molecule has 0 spiro atoms. The second kappa shape index (κ2) is 6.21. The van der Waals surface area contributed by atoms with Crippen LogP contribution < -0.4 is 10.1 Å². The summed E-state index contributed by atoms with van der Waals surface area (Å²) in [7, 11) is 1.64. The number of rotatable bonds is 3. The molecule has 2 aromatic carbocycles. The first-order valence-corrected chi connectivity index (χ1v) is 9.42. The zero-order chi connectivity index (χ0) is 18.4. The lowest BCUT2D eigenvalue weighted by atomic mass is 9.87. The average molecular weight is 376 g/mol. The van der Waals surface area contributed by atoms with Crippen molar-refractivity contribution in [2.75, 3.05) is 12.4 Å². The van der Waals surface area contributed by atoms with Crippen molar-refractivity contribution in [3.8, 4) is 10.9 Å². The number of aromatic nitrogens is 3. The second-order valence-corrected chi connectivity index (χ2v) is 7.41. The maximum absolute atomic E-state index is 12.4. The number of benzene rings is 2. The van der Waals surface area contributed by atoms with E-state index < -0.39 is 0 Å². The summed E-state index contributed by atoms with van der Waals surface area (Å²) < 4.78 is 8.05. The van der Waals surface area contributed by atoms with Gasteiger partial charge in [0.05, 0.1) is 23.5 Å². The largest absolute Gasteiger partial charge is 0.497 e. The molecule has 0 unspecified atom stereocenters. The molecule has 4 aromatic rings. The number of nitrogens with zero attached hydrogens (tertiary/aromatic N) is 3. The standard InChI is InChI=1S/C20H16N4O2S/c1-26-13-8-6-12(7-9-13)14-10-18(25)23-19-15(14)11-21-24(19)20-22-16-4-2-3-5-17(16)27-20/h2-9,11,14H,10H2,1H3,(H,23,25)/t14-/m1/s1. The van der Waals surface area contributed by atoms with E-state index in [9.17, 15) is 4.79 Å². The monoisotopic (exact) mass is 376 g/mol. The van der Waals surface area contributed by atoms with Gasteiger partial charge in [-0.05, 0) is 29.8 Å². The first-order valence-electron chi connectivity index (χ1n) is 8.60. The molecule has 5 rings (SSSR count). The van der Waals surface area contributed by atoms with Crippen molar-refractivity contribution in [1.82, 2.24) is 14.8 Å². The lowest BCUT2D eigenvalue weighted by molar-refractivity contribution is -0.116. The second-order valence-electron chi connectivity index (χ2n) is 6.40. The molecule has 1 N–H and O–H groups in total. The van der Waals surface area contributed by atoms with Gasteiger partial charge in [0.25, 0.3) is 0 Å². The number of fused-ring (bicyclic) bond motifs is 2. The zero-order valence-corrected chi connectivity index (χ0v) is 15.4. The van der Waals surface area contributed by atoms with Crippen molar-refractivity contribution in [1.29, 1.82) is 0 Å². The number of para-hydroxylation sites is 1. The van der Waals surface area contributed by atoms with E-state index in [1.807, 2.05) is 54.7 Å². The van der Waals surface area contributed by atoms with Gasteiger partial charge in [0, 0.05) is 17.9 Å². The Labute approximate surface area is 159 Å². The van der Waals surface area contributed by atoms with E-state index in [1.165, 1.54) is 0 Å². The van der Waals surface area contributed by atoms with E-state index in [-0.39, 0.29) is 11.8 Å². The number of anilines is 1. The fourth-order valence-electron chi connectivity index (χ4n) is 3.45. The van der Waals surface area contributed by atoms with Gasteiger partial charge in [-0.1, -0.05) is 35.6 Å². The lowest BCUT2D eigenvalue weighted by Crippen LogP contribution is -2.24. The van der Waals surface area contributed by atoms with Crippen LogP contribution in [0, 0.1) is 0 Å². The number of hydrogen-bond acceptors (Lipinski definition) is 5. The summed E-state index contributed by atoms with van der Waals surface area (Å²) in [5.74, 6) is 1.43. The first kappa shape index (κ1) is 16.0. The minimum atomic E-state index is -0.0391. The molecule has 134 valence electrons. The van der Waals surface area contributed by atoms with Crippen LogP contribution >= 0.6 is 11.3 Å². The van der Waals surface area contributed by atoms with Crippen LogP contribution in [0.25, 0.3) is 15.3 Å². The molecule has 1 aliphatic rings. The van der Waals surface area contributed by atoms with Crippen LogP contribution in [0.15, 0.2) is 54.7 Å². The number of amides is 1. The van der Waals surface area contributed by atoms with Crippen molar-refractivity contribution in [2.45, 2.75) is 12.3 Å². The Hall–Kier alpha value is -3.19. The Morgan fingerprint density at radius 1 is 1.19 bits per heavy atom. The van der Waals surface area contributed by atoms with E-state index in [4.69, 9.17) is 4.74 Å². The van der Waals surface area contributed by atoms with E-state index in [1.54, 1.807) is 23.1 Å². The molecule has 0 aliphatic carbocycles. The third-order valence-electron chi connectivity index (χ3n) is 4.80. The lowest BCUT2D eigenvalue weighted by Gasteiger charge is -2.23. The summed E-state index contributed by atoms with van der Waals surface area (Å²) in [5.41, 5.74) is 2.99. The van der Waals surface area contributed by atoms with E-state index >= 15 is 0 Å².